The largest absolute Gasteiger partial charge is 0.339 e. The highest BCUT2D eigenvalue weighted by Gasteiger charge is 2.22. The molecular formula is C8H18N4O. The molecule has 1 atom stereocenters. The van der Waals surface area contributed by atoms with Crippen LogP contribution < -0.4 is 11.5 Å². The molecule has 0 spiro atoms. The lowest BCUT2D eigenvalue weighted by molar-refractivity contribution is -0.133. The number of carbonyl (C=O) groups is 1. The second-order valence-electron chi connectivity index (χ2n) is 3.47. The zero-order valence-electron chi connectivity index (χ0n) is 8.07. The number of hydrogen-bond acceptors (Lipinski definition) is 4. The smallest absolute Gasteiger partial charge is 0.240 e. The Balaban J connectivity index is 2.40. The maximum absolute atomic E-state index is 11.5. The van der Waals surface area contributed by atoms with Gasteiger partial charge < -0.3 is 21.3 Å². The molecule has 0 aromatic rings. The van der Waals surface area contributed by atoms with Crippen molar-refractivity contribution >= 4 is 5.91 Å². The SMILES string of the molecule is CN1CCN(C(=O)[C@@H](N)CN)CC1. The number of hydrogen-bond donors (Lipinski definition) is 2. The lowest BCUT2D eigenvalue weighted by atomic mass is 10.2. The van der Waals surface area contributed by atoms with Crippen LogP contribution in [-0.4, -0.2) is 61.5 Å². The van der Waals surface area contributed by atoms with Gasteiger partial charge in [-0.15, -0.1) is 0 Å². The van der Waals surface area contributed by atoms with Gasteiger partial charge in [-0.3, -0.25) is 4.79 Å². The van der Waals surface area contributed by atoms with E-state index >= 15 is 0 Å². The van der Waals surface area contributed by atoms with Crippen LogP contribution in [0.25, 0.3) is 0 Å². The molecule has 0 unspecified atom stereocenters. The van der Waals surface area contributed by atoms with Crippen molar-refractivity contribution in [2.45, 2.75) is 6.04 Å². The molecule has 13 heavy (non-hydrogen) atoms. The molecule has 4 N–H and O–H groups in total. The zero-order chi connectivity index (χ0) is 9.84. The topological polar surface area (TPSA) is 75.6 Å². The van der Waals surface area contributed by atoms with Crippen LogP contribution in [0, 0.1) is 0 Å². The second-order valence-corrected chi connectivity index (χ2v) is 3.47. The van der Waals surface area contributed by atoms with Crippen LogP contribution in [0.3, 0.4) is 0 Å². The molecule has 0 radical (unpaired) electrons. The fourth-order valence-corrected chi connectivity index (χ4v) is 1.36. The van der Waals surface area contributed by atoms with E-state index in [0.717, 1.165) is 26.2 Å². The third kappa shape index (κ3) is 2.65. The first kappa shape index (κ1) is 10.4. The molecule has 1 amide bonds. The number of likely N-dealkylation sites (N-methyl/N-ethyl adjacent to an activating group) is 1. The van der Waals surface area contributed by atoms with E-state index in [1.54, 1.807) is 4.90 Å². The Morgan fingerprint density at radius 3 is 2.38 bits per heavy atom. The van der Waals surface area contributed by atoms with E-state index in [2.05, 4.69) is 4.90 Å². The maximum atomic E-state index is 11.5. The van der Waals surface area contributed by atoms with Crippen molar-refractivity contribution in [3.05, 3.63) is 0 Å². The minimum Gasteiger partial charge on any atom is -0.339 e. The highest BCUT2D eigenvalue weighted by Crippen LogP contribution is 2.00. The monoisotopic (exact) mass is 186 g/mol. The quantitative estimate of drug-likeness (QED) is 0.525. The van der Waals surface area contributed by atoms with E-state index in [4.69, 9.17) is 11.5 Å². The highest BCUT2D eigenvalue weighted by molar-refractivity contribution is 5.82. The van der Waals surface area contributed by atoms with Gasteiger partial charge in [-0.25, -0.2) is 0 Å². The standard InChI is InChI=1S/C8H18N4O/c1-11-2-4-12(5-3-11)8(13)7(10)6-9/h7H,2-6,9-10H2,1H3/t7-/m0/s1. The number of rotatable bonds is 2. The van der Waals surface area contributed by atoms with E-state index in [1.807, 2.05) is 7.05 Å². The number of carbonyl (C=O) groups excluding carboxylic acids is 1. The van der Waals surface area contributed by atoms with Crippen molar-refractivity contribution in [3.8, 4) is 0 Å². The van der Waals surface area contributed by atoms with Gasteiger partial charge in [0.15, 0.2) is 0 Å². The van der Waals surface area contributed by atoms with Crippen molar-refractivity contribution in [1.82, 2.24) is 9.80 Å². The Morgan fingerprint density at radius 2 is 1.92 bits per heavy atom. The molecule has 0 saturated carbocycles. The molecule has 1 heterocycles. The Kier molecular flexibility index (Phi) is 3.65. The van der Waals surface area contributed by atoms with Gasteiger partial charge in [0.25, 0.3) is 0 Å². The van der Waals surface area contributed by atoms with Gasteiger partial charge in [-0.1, -0.05) is 0 Å². The number of amides is 1. The number of nitrogens with zero attached hydrogens (tertiary/aromatic N) is 2. The van der Waals surface area contributed by atoms with Gasteiger partial charge in [-0.2, -0.15) is 0 Å². The molecule has 0 aromatic carbocycles. The average molecular weight is 186 g/mol. The van der Waals surface area contributed by atoms with Gasteiger partial charge in [0.2, 0.25) is 5.91 Å². The Labute approximate surface area is 78.6 Å². The van der Waals surface area contributed by atoms with Crippen molar-refractivity contribution < 1.29 is 4.79 Å². The molecule has 1 saturated heterocycles. The normalized spacial score (nSPS) is 21.6. The minimum absolute atomic E-state index is 0.0180. The number of nitrogens with two attached hydrogens (primary N) is 2. The summed E-state index contributed by atoms with van der Waals surface area (Å²) in [5.41, 5.74) is 10.9. The average Bonchev–Trinajstić information content (AvgIpc) is 2.17. The molecular weight excluding hydrogens is 168 g/mol. The first-order valence-electron chi connectivity index (χ1n) is 4.58. The minimum atomic E-state index is -0.525. The summed E-state index contributed by atoms with van der Waals surface area (Å²) in [6.45, 7) is 3.60. The molecule has 1 fully saturated rings. The first-order valence-corrected chi connectivity index (χ1v) is 4.58. The van der Waals surface area contributed by atoms with Crippen LogP contribution in [-0.2, 0) is 4.79 Å². The molecule has 1 aliphatic rings. The first-order chi connectivity index (χ1) is 6.15. The molecule has 0 bridgehead atoms. The number of piperazine rings is 1. The van der Waals surface area contributed by atoms with Gasteiger partial charge in [0.1, 0.15) is 0 Å². The van der Waals surface area contributed by atoms with Crippen LogP contribution in [0.4, 0.5) is 0 Å². The Morgan fingerprint density at radius 1 is 1.38 bits per heavy atom. The van der Waals surface area contributed by atoms with Crippen LogP contribution in [0.2, 0.25) is 0 Å². The second kappa shape index (κ2) is 4.55. The van der Waals surface area contributed by atoms with Gasteiger partial charge in [-0.05, 0) is 7.05 Å². The van der Waals surface area contributed by atoms with E-state index < -0.39 is 6.04 Å². The fourth-order valence-electron chi connectivity index (χ4n) is 1.36. The summed E-state index contributed by atoms with van der Waals surface area (Å²) in [5.74, 6) is -0.0180. The maximum Gasteiger partial charge on any atom is 0.240 e. The van der Waals surface area contributed by atoms with E-state index in [-0.39, 0.29) is 12.5 Å². The molecule has 1 rings (SSSR count). The van der Waals surface area contributed by atoms with Gasteiger partial charge in [0, 0.05) is 32.7 Å². The molecule has 5 heteroatoms. The van der Waals surface area contributed by atoms with Crippen molar-refractivity contribution in [2.75, 3.05) is 39.8 Å². The molecule has 0 aliphatic carbocycles. The fraction of sp³-hybridized carbons (Fsp3) is 0.875. The van der Waals surface area contributed by atoms with Crippen LogP contribution in [0.5, 0.6) is 0 Å². The summed E-state index contributed by atoms with van der Waals surface area (Å²) in [4.78, 5) is 15.5. The molecule has 76 valence electrons. The van der Waals surface area contributed by atoms with Gasteiger partial charge in [0.05, 0.1) is 6.04 Å². The summed E-state index contributed by atoms with van der Waals surface area (Å²) < 4.78 is 0. The zero-order valence-corrected chi connectivity index (χ0v) is 8.07. The lowest BCUT2D eigenvalue weighted by Gasteiger charge is -2.33. The highest BCUT2D eigenvalue weighted by atomic mass is 16.2. The third-order valence-corrected chi connectivity index (χ3v) is 2.39. The van der Waals surface area contributed by atoms with E-state index in [0.29, 0.717) is 0 Å². The third-order valence-electron chi connectivity index (χ3n) is 2.39. The summed E-state index contributed by atoms with van der Waals surface area (Å²) in [5, 5.41) is 0. The van der Waals surface area contributed by atoms with Crippen molar-refractivity contribution in [1.29, 1.82) is 0 Å². The predicted molar refractivity (Wildman–Crippen MR) is 51.1 cm³/mol. The van der Waals surface area contributed by atoms with Crippen molar-refractivity contribution in [3.63, 3.8) is 0 Å². The molecule has 1 aliphatic heterocycles. The van der Waals surface area contributed by atoms with Crippen LogP contribution in [0.1, 0.15) is 0 Å². The van der Waals surface area contributed by atoms with Crippen LogP contribution in [0.15, 0.2) is 0 Å². The summed E-state index contributed by atoms with van der Waals surface area (Å²) in [6.07, 6.45) is 0. The molecule has 0 aromatic heterocycles. The van der Waals surface area contributed by atoms with E-state index in [9.17, 15) is 4.79 Å². The van der Waals surface area contributed by atoms with Crippen molar-refractivity contribution in [2.24, 2.45) is 11.5 Å². The van der Waals surface area contributed by atoms with Gasteiger partial charge >= 0.3 is 0 Å². The summed E-state index contributed by atoms with van der Waals surface area (Å²) >= 11 is 0. The summed E-state index contributed by atoms with van der Waals surface area (Å²) in [7, 11) is 2.05. The Bertz CT molecular complexity index is 177. The summed E-state index contributed by atoms with van der Waals surface area (Å²) in [6, 6.07) is -0.525. The predicted octanol–water partition coefficient (Wildman–Crippen LogP) is -1.95. The Hall–Kier alpha value is -0.650. The molecule has 5 nitrogen and oxygen atoms in total. The van der Waals surface area contributed by atoms with Crippen LogP contribution >= 0.6 is 0 Å². The lowest BCUT2D eigenvalue weighted by Crippen LogP contribution is -2.54. The van der Waals surface area contributed by atoms with E-state index in [1.165, 1.54) is 0 Å².